The number of nitrogens with zero attached hydrogens (tertiary/aromatic N) is 1. The molecule has 1 unspecified atom stereocenters. The zero-order valence-corrected chi connectivity index (χ0v) is 11.0. The molecule has 18 heavy (non-hydrogen) atoms. The molecule has 0 saturated heterocycles. The molecule has 0 aliphatic heterocycles. The molecule has 0 radical (unpaired) electrons. The van der Waals surface area contributed by atoms with Crippen LogP contribution in [0.15, 0.2) is 35.0 Å². The van der Waals surface area contributed by atoms with E-state index in [-0.39, 0.29) is 16.7 Å². The molecule has 0 fully saturated rings. The molecule has 0 spiro atoms. The fourth-order valence-corrected chi connectivity index (χ4v) is 2.56. The maximum absolute atomic E-state index is 10.7. The van der Waals surface area contributed by atoms with Crippen LogP contribution in [0.1, 0.15) is 24.1 Å². The highest BCUT2D eigenvalue weighted by Gasteiger charge is 2.11. The number of hydrogen-bond acceptors (Lipinski definition) is 4. The minimum absolute atomic E-state index is 0.156. The van der Waals surface area contributed by atoms with Gasteiger partial charge in [-0.05, 0) is 48.4 Å². The highest BCUT2D eigenvalue weighted by atomic mass is 32.1. The first kappa shape index (κ1) is 12.6. The molecule has 1 aromatic heterocycles. The van der Waals surface area contributed by atoms with Gasteiger partial charge >= 0.3 is 0 Å². The normalized spacial score (nSPS) is 12.1. The first-order valence-corrected chi connectivity index (χ1v) is 6.56. The Morgan fingerprint density at radius 2 is 2.17 bits per heavy atom. The predicted octanol–water partition coefficient (Wildman–Crippen LogP) is 4.14. The van der Waals surface area contributed by atoms with Crippen LogP contribution in [-0.4, -0.2) is 4.92 Å². The van der Waals surface area contributed by atoms with E-state index in [9.17, 15) is 10.1 Å². The average Bonchev–Trinajstić information content (AvgIpc) is 2.81. The number of nitrogens with one attached hydrogen (secondary N) is 1. The summed E-state index contributed by atoms with van der Waals surface area (Å²) in [5.74, 6) is 0. The van der Waals surface area contributed by atoms with E-state index < -0.39 is 0 Å². The van der Waals surface area contributed by atoms with Crippen LogP contribution in [0, 0.1) is 17.0 Å². The number of anilines is 1. The molecule has 0 amide bonds. The van der Waals surface area contributed by atoms with Gasteiger partial charge in [0.1, 0.15) is 0 Å². The molecule has 94 valence electrons. The van der Waals surface area contributed by atoms with E-state index in [0.717, 1.165) is 5.69 Å². The second-order valence-electron chi connectivity index (χ2n) is 4.18. The Hall–Kier alpha value is -1.88. The van der Waals surface area contributed by atoms with Gasteiger partial charge in [0, 0.05) is 23.4 Å². The van der Waals surface area contributed by atoms with Gasteiger partial charge in [0.15, 0.2) is 0 Å². The van der Waals surface area contributed by atoms with E-state index in [1.54, 1.807) is 30.4 Å². The SMILES string of the molecule is Cc1cc(NC(C)c2ccsc2)ccc1[N+](=O)[O-]. The van der Waals surface area contributed by atoms with Crippen LogP contribution in [0.5, 0.6) is 0 Å². The van der Waals surface area contributed by atoms with E-state index in [1.807, 2.05) is 5.38 Å². The molecule has 4 nitrogen and oxygen atoms in total. The summed E-state index contributed by atoms with van der Waals surface area (Å²) >= 11 is 1.66. The summed E-state index contributed by atoms with van der Waals surface area (Å²) in [6, 6.07) is 7.35. The second-order valence-corrected chi connectivity index (χ2v) is 4.96. The van der Waals surface area contributed by atoms with Gasteiger partial charge in [-0.25, -0.2) is 0 Å². The molecular weight excluding hydrogens is 248 g/mol. The summed E-state index contributed by atoms with van der Waals surface area (Å²) in [5, 5.41) is 18.2. The quantitative estimate of drug-likeness (QED) is 0.665. The van der Waals surface area contributed by atoms with Crippen LogP contribution >= 0.6 is 11.3 Å². The highest BCUT2D eigenvalue weighted by Crippen LogP contribution is 2.25. The zero-order valence-electron chi connectivity index (χ0n) is 10.2. The third-order valence-corrected chi connectivity index (χ3v) is 3.52. The summed E-state index contributed by atoms with van der Waals surface area (Å²) < 4.78 is 0. The Kier molecular flexibility index (Phi) is 3.62. The number of nitro groups is 1. The lowest BCUT2D eigenvalue weighted by Crippen LogP contribution is -2.05. The van der Waals surface area contributed by atoms with E-state index in [1.165, 1.54) is 11.6 Å². The van der Waals surface area contributed by atoms with E-state index in [2.05, 4.69) is 23.7 Å². The van der Waals surface area contributed by atoms with Crippen LogP contribution in [0.4, 0.5) is 11.4 Å². The molecule has 2 aromatic rings. The van der Waals surface area contributed by atoms with Crippen molar-refractivity contribution in [3.8, 4) is 0 Å². The average molecular weight is 262 g/mol. The fraction of sp³-hybridized carbons (Fsp3) is 0.231. The van der Waals surface area contributed by atoms with Gasteiger partial charge in [-0.3, -0.25) is 10.1 Å². The van der Waals surface area contributed by atoms with Crippen LogP contribution in [0.25, 0.3) is 0 Å². The summed E-state index contributed by atoms with van der Waals surface area (Å²) in [7, 11) is 0. The van der Waals surface area contributed by atoms with Gasteiger partial charge < -0.3 is 5.32 Å². The van der Waals surface area contributed by atoms with Crippen molar-refractivity contribution < 1.29 is 4.92 Å². The molecule has 0 aliphatic carbocycles. The van der Waals surface area contributed by atoms with Crippen molar-refractivity contribution in [1.29, 1.82) is 0 Å². The van der Waals surface area contributed by atoms with Gasteiger partial charge in [-0.2, -0.15) is 11.3 Å². The lowest BCUT2D eigenvalue weighted by atomic mass is 10.1. The van der Waals surface area contributed by atoms with Gasteiger partial charge in [0.25, 0.3) is 5.69 Å². The summed E-state index contributed by atoms with van der Waals surface area (Å²) in [6.45, 7) is 3.82. The van der Waals surface area contributed by atoms with Crippen molar-refractivity contribution in [2.75, 3.05) is 5.32 Å². The Morgan fingerprint density at radius 3 is 2.72 bits per heavy atom. The third-order valence-electron chi connectivity index (χ3n) is 2.82. The number of rotatable bonds is 4. The Labute approximate surface area is 109 Å². The van der Waals surface area contributed by atoms with Gasteiger partial charge in [-0.1, -0.05) is 0 Å². The number of aryl methyl sites for hydroxylation is 1. The molecule has 0 aliphatic rings. The molecule has 2 rings (SSSR count). The lowest BCUT2D eigenvalue weighted by molar-refractivity contribution is -0.385. The van der Waals surface area contributed by atoms with Crippen LogP contribution in [0.3, 0.4) is 0 Å². The standard InChI is InChI=1S/C13H14N2O2S/c1-9-7-12(3-4-13(9)15(16)17)14-10(2)11-5-6-18-8-11/h3-8,10,14H,1-2H3. The Balaban J connectivity index is 2.15. The van der Waals surface area contributed by atoms with Crippen molar-refractivity contribution in [2.24, 2.45) is 0 Å². The summed E-state index contributed by atoms with van der Waals surface area (Å²) in [4.78, 5) is 10.4. The van der Waals surface area contributed by atoms with Gasteiger partial charge in [0.05, 0.1) is 4.92 Å². The molecule has 0 saturated carbocycles. The molecular formula is C13H14N2O2S. The van der Waals surface area contributed by atoms with Crippen molar-refractivity contribution in [3.63, 3.8) is 0 Å². The lowest BCUT2D eigenvalue weighted by Gasteiger charge is -2.14. The van der Waals surface area contributed by atoms with E-state index >= 15 is 0 Å². The van der Waals surface area contributed by atoms with Gasteiger partial charge in [-0.15, -0.1) is 0 Å². The van der Waals surface area contributed by atoms with Crippen LogP contribution < -0.4 is 5.32 Å². The molecule has 1 aromatic carbocycles. The smallest absolute Gasteiger partial charge is 0.272 e. The zero-order chi connectivity index (χ0) is 13.1. The number of nitro benzene ring substituents is 1. The molecule has 1 N–H and O–H groups in total. The Bertz CT molecular complexity index is 552. The van der Waals surface area contributed by atoms with Crippen LogP contribution in [0.2, 0.25) is 0 Å². The van der Waals surface area contributed by atoms with Crippen molar-refractivity contribution >= 4 is 22.7 Å². The minimum atomic E-state index is -0.360. The van der Waals surface area contributed by atoms with E-state index in [4.69, 9.17) is 0 Å². The van der Waals surface area contributed by atoms with Crippen LogP contribution in [-0.2, 0) is 0 Å². The first-order valence-electron chi connectivity index (χ1n) is 5.61. The maximum atomic E-state index is 10.7. The van der Waals surface area contributed by atoms with Crippen molar-refractivity contribution in [2.45, 2.75) is 19.9 Å². The minimum Gasteiger partial charge on any atom is -0.378 e. The van der Waals surface area contributed by atoms with Gasteiger partial charge in [0.2, 0.25) is 0 Å². The number of hydrogen-bond donors (Lipinski definition) is 1. The van der Waals surface area contributed by atoms with Crippen molar-refractivity contribution in [3.05, 3.63) is 56.3 Å². The molecule has 0 bridgehead atoms. The Morgan fingerprint density at radius 1 is 1.39 bits per heavy atom. The second kappa shape index (κ2) is 5.18. The monoisotopic (exact) mass is 262 g/mol. The number of thiophene rings is 1. The molecule has 1 heterocycles. The summed E-state index contributed by atoms with van der Waals surface area (Å²) in [5.41, 5.74) is 2.94. The third kappa shape index (κ3) is 2.68. The maximum Gasteiger partial charge on any atom is 0.272 e. The fourth-order valence-electron chi connectivity index (χ4n) is 1.80. The predicted molar refractivity (Wildman–Crippen MR) is 74.2 cm³/mol. The largest absolute Gasteiger partial charge is 0.378 e. The number of benzene rings is 1. The highest BCUT2D eigenvalue weighted by molar-refractivity contribution is 7.07. The van der Waals surface area contributed by atoms with E-state index in [0.29, 0.717) is 5.56 Å². The molecule has 5 heteroatoms. The summed E-state index contributed by atoms with van der Waals surface area (Å²) in [6.07, 6.45) is 0. The molecule has 1 atom stereocenters. The topological polar surface area (TPSA) is 55.2 Å². The van der Waals surface area contributed by atoms with Crippen molar-refractivity contribution in [1.82, 2.24) is 0 Å². The first-order chi connectivity index (χ1) is 8.58.